The molecule has 1 aliphatic heterocycles. The molecule has 0 saturated carbocycles. The van der Waals surface area contributed by atoms with Crippen molar-refractivity contribution in [3.63, 3.8) is 0 Å². The quantitative estimate of drug-likeness (QED) is 0.867. The summed E-state index contributed by atoms with van der Waals surface area (Å²) in [5, 5.41) is 3.68. The predicted molar refractivity (Wildman–Crippen MR) is 82.3 cm³/mol. The number of methoxy groups -OCH3 is 1. The summed E-state index contributed by atoms with van der Waals surface area (Å²) in [7, 11) is 1.70. The Morgan fingerprint density at radius 2 is 1.90 bits per heavy atom. The zero-order chi connectivity index (χ0) is 14.4. The molecule has 112 valence electrons. The third-order valence-electron chi connectivity index (χ3n) is 4.28. The molecule has 1 fully saturated rings. The average Bonchev–Trinajstić information content (AvgIpc) is 2.47. The van der Waals surface area contributed by atoms with Crippen molar-refractivity contribution < 1.29 is 9.47 Å². The van der Waals surface area contributed by atoms with Gasteiger partial charge in [0.05, 0.1) is 7.11 Å². The fraction of sp³-hybridized carbons (Fsp3) is 0.647. The van der Waals surface area contributed by atoms with Gasteiger partial charge >= 0.3 is 0 Å². The van der Waals surface area contributed by atoms with Crippen molar-refractivity contribution in [2.45, 2.75) is 39.2 Å². The van der Waals surface area contributed by atoms with E-state index in [2.05, 4.69) is 31.3 Å². The molecule has 1 aromatic rings. The molecule has 1 atom stereocenters. The Labute approximate surface area is 122 Å². The summed E-state index contributed by atoms with van der Waals surface area (Å²) >= 11 is 0. The predicted octanol–water partition coefficient (Wildman–Crippen LogP) is 3.03. The van der Waals surface area contributed by atoms with Crippen molar-refractivity contribution in [1.29, 1.82) is 0 Å². The van der Waals surface area contributed by atoms with Crippen LogP contribution in [0.3, 0.4) is 0 Å². The van der Waals surface area contributed by atoms with E-state index >= 15 is 0 Å². The minimum absolute atomic E-state index is 0.395. The third-order valence-corrected chi connectivity index (χ3v) is 4.28. The van der Waals surface area contributed by atoms with Gasteiger partial charge in [0.25, 0.3) is 0 Å². The summed E-state index contributed by atoms with van der Waals surface area (Å²) in [6.07, 6.45) is 3.38. The summed E-state index contributed by atoms with van der Waals surface area (Å²) in [6.45, 7) is 7.51. The summed E-state index contributed by atoms with van der Waals surface area (Å²) in [4.78, 5) is 0. The van der Waals surface area contributed by atoms with E-state index in [-0.39, 0.29) is 0 Å². The Balaban J connectivity index is 1.78. The van der Waals surface area contributed by atoms with E-state index in [1.165, 1.54) is 5.56 Å². The lowest BCUT2D eigenvalue weighted by atomic mass is 9.82. The Kier molecular flexibility index (Phi) is 5.44. The molecular weight excluding hydrogens is 250 g/mol. The summed E-state index contributed by atoms with van der Waals surface area (Å²) in [5.41, 5.74) is 1.75. The van der Waals surface area contributed by atoms with E-state index in [0.29, 0.717) is 11.5 Å². The Morgan fingerprint density at radius 3 is 2.50 bits per heavy atom. The number of benzene rings is 1. The summed E-state index contributed by atoms with van der Waals surface area (Å²) < 4.78 is 10.6. The second kappa shape index (κ2) is 7.09. The zero-order valence-corrected chi connectivity index (χ0v) is 12.9. The van der Waals surface area contributed by atoms with Crippen LogP contribution in [0.25, 0.3) is 0 Å². The fourth-order valence-corrected chi connectivity index (χ4v) is 2.65. The van der Waals surface area contributed by atoms with Crippen LogP contribution < -0.4 is 10.1 Å². The van der Waals surface area contributed by atoms with Gasteiger partial charge in [-0.3, -0.25) is 0 Å². The van der Waals surface area contributed by atoms with Crippen LogP contribution in [-0.2, 0) is 11.2 Å². The molecule has 3 nitrogen and oxygen atoms in total. The lowest BCUT2D eigenvalue weighted by Crippen LogP contribution is -2.41. The Morgan fingerprint density at radius 1 is 1.25 bits per heavy atom. The molecule has 2 rings (SSSR count). The molecule has 1 aromatic carbocycles. The standard InChI is InChI=1S/C17H27NO2/c1-14(12-15-4-6-16(19-3)7-5-15)18-13-17(2)8-10-20-11-9-17/h4-7,14,18H,8-13H2,1-3H3. The summed E-state index contributed by atoms with van der Waals surface area (Å²) in [5.74, 6) is 0.920. The molecule has 1 N–H and O–H groups in total. The van der Waals surface area contributed by atoms with Gasteiger partial charge in [-0.2, -0.15) is 0 Å². The second-order valence-electron chi connectivity index (χ2n) is 6.26. The molecule has 0 amide bonds. The number of nitrogens with one attached hydrogen (secondary N) is 1. The molecular formula is C17H27NO2. The van der Waals surface area contributed by atoms with Crippen LogP contribution in [0.1, 0.15) is 32.3 Å². The molecule has 0 spiro atoms. The molecule has 0 radical (unpaired) electrons. The van der Waals surface area contributed by atoms with E-state index in [4.69, 9.17) is 9.47 Å². The van der Waals surface area contributed by atoms with E-state index in [1.807, 2.05) is 12.1 Å². The largest absolute Gasteiger partial charge is 0.497 e. The van der Waals surface area contributed by atoms with Gasteiger partial charge in [-0.15, -0.1) is 0 Å². The maximum atomic E-state index is 5.45. The lowest BCUT2D eigenvalue weighted by Gasteiger charge is -2.34. The number of rotatable bonds is 6. The normalized spacial score (nSPS) is 19.6. The number of hydrogen-bond acceptors (Lipinski definition) is 3. The SMILES string of the molecule is COc1ccc(CC(C)NCC2(C)CCOCC2)cc1. The smallest absolute Gasteiger partial charge is 0.118 e. The maximum Gasteiger partial charge on any atom is 0.118 e. The van der Waals surface area contributed by atoms with Crippen molar-refractivity contribution in [1.82, 2.24) is 5.32 Å². The Bertz CT molecular complexity index is 396. The van der Waals surface area contributed by atoms with Crippen LogP contribution in [0.15, 0.2) is 24.3 Å². The second-order valence-corrected chi connectivity index (χ2v) is 6.26. The topological polar surface area (TPSA) is 30.5 Å². The fourth-order valence-electron chi connectivity index (χ4n) is 2.65. The Hall–Kier alpha value is -1.06. The van der Waals surface area contributed by atoms with E-state index in [9.17, 15) is 0 Å². The van der Waals surface area contributed by atoms with E-state index in [1.54, 1.807) is 7.11 Å². The molecule has 1 heterocycles. The van der Waals surface area contributed by atoms with Gasteiger partial charge in [-0.05, 0) is 49.3 Å². The third kappa shape index (κ3) is 4.50. The van der Waals surface area contributed by atoms with Gasteiger partial charge < -0.3 is 14.8 Å². The minimum atomic E-state index is 0.395. The van der Waals surface area contributed by atoms with Crippen molar-refractivity contribution in [3.05, 3.63) is 29.8 Å². The van der Waals surface area contributed by atoms with Crippen molar-refractivity contribution in [3.8, 4) is 5.75 Å². The molecule has 0 aromatic heterocycles. The van der Waals surface area contributed by atoms with Crippen molar-refractivity contribution in [2.75, 3.05) is 26.9 Å². The maximum absolute atomic E-state index is 5.45. The molecule has 3 heteroatoms. The van der Waals surface area contributed by atoms with Gasteiger partial charge in [0.1, 0.15) is 5.75 Å². The van der Waals surface area contributed by atoms with Gasteiger partial charge in [0.2, 0.25) is 0 Å². The van der Waals surface area contributed by atoms with Crippen LogP contribution in [0.4, 0.5) is 0 Å². The minimum Gasteiger partial charge on any atom is -0.497 e. The van der Waals surface area contributed by atoms with Crippen LogP contribution in [0, 0.1) is 5.41 Å². The highest BCUT2D eigenvalue weighted by atomic mass is 16.5. The molecule has 1 unspecified atom stereocenters. The van der Waals surface area contributed by atoms with Crippen LogP contribution in [0.5, 0.6) is 5.75 Å². The van der Waals surface area contributed by atoms with Gasteiger partial charge in [-0.1, -0.05) is 19.1 Å². The van der Waals surface area contributed by atoms with Gasteiger partial charge in [0, 0.05) is 25.8 Å². The highest BCUT2D eigenvalue weighted by Crippen LogP contribution is 2.28. The van der Waals surface area contributed by atoms with Crippen LogP contribution in [-0.4, -0.2) is 32.9 Å². The van der Waals surface area contributed by atoms with Gasteiger partial charge in [0.15, 0.2) is 0 Å². The number of hydrogen-bond donors (Lipinski definition) is 1. The molecule has 20 heavy (non-hydrogen) atoms. The number of ether oxygens (including phenoxy) is 2. The van der Waals surface area contributed by atoms with Crippen molar-refractivity contribution >= 4 is 0 Å². The molecule has 1 saturated heterocycles. The highest BCUT2D eigenvalue weighted by molar-refractivity contribution is 5.27. The van der Waals surface area contributed by atoms with Crippen molar-refractivity contribution in [2.24, 2.45) is 5.41 Å². The first-order valence-electron chi connectivity index (χ1n) is 7.55. The lowest BCUT2D eigenvalue weighted by molar-refractivity contribution is 0.0231. The molecule has 0 aliphatic carbocycles. The van der Waals surface area contributed by atoms with Crippen LogP contribution in [0.2, 0.25) is 0 Å². The summed E-state index contributed by atoms with van der Waals surface area (Å²) in [6, 6.07) is 8.84. The molecule has 0 bridgehead atoms. The monoisotopic (exact) mass is 277 g/mol. The average molecular weight is 277 g/mol. The van der Waals surface area contributed by atoms with E-state index < -0.39 is 0 Å². The van der Waals surface area contributed by atoms with E-state index in [0.717, 1.165) is 44.8 Å². The molecule has 1 aliphatic rings. The van der Waals surface area contributed by atoms with Gasteiger partial charge in [-0.25, -0.2) is 0 Å². The zero-order valence-electron chi connectivity index (χ0n) is 12.9. The first-order chi connectivity index (χ1) is 9.61. The highest BCUT2D eigenvalue weighted by Gasteiger charge is 2.27. The first-order valence-corrected chi connectivity index (χ1v) is 7.55. The first kappa shape index (κ1) is 15.3. The van der Waals surface area contributed by atoms with Crippen LogP contribution >= 0.6 is 0 Å².